The van der Waals surface area contributed by atoms with Crippen LogP contribution in [0.4, 0.5) is 0 Å². The highest BCUT2D eigenvalue weighted by Crippen LogP contribution is 2.22. The maximum absolute atomic E-state index is 12.2. The molecule has 2 aromatic rings. The Morgan fingerprint density at radius 1 is 1.12 bits per heavy atom. The smallest absolute Gasteiger partial charge is 0.233 e. The number of hydrogen-bond donors (Lipinski definition) is 2. The second-order valence-electron chi connectivity index (χ2n) is 4.78. The number of aromatic nitrogens is 1. The number of carbonyl (C=O) groups excluding carboxylic acids is 1. The van der Waals surface area contributed by atoms with E-state index in [1.807, 2.05) is 0 Å². The zero-order valence-electron chi connectivity index (χ0n) is 12.7. The molecule has 1 aromatic heterocycles. The molecular weight excluding hydrogens is 334 g/mol. The Morgan fingerprint density at radius 2 is 1.75 bits per heavy atom. The van der Waals surface area contributed by atoms with Crippen molar-refractivity contribution in [1.29, 1.82) is 0 Å². The third-order valence-corrected chi connectivity index (χ3v) is 4.57. The Morgan fingerprint density at radius 3 is 2.38 bits per heavy atom. The zero-order valence-corrected chi connectivity index (χ0v) is 13.5. The first kappa shape index (κ1) is 17.9. The molecule has 0 fully saturated rings. The van der Waals surface area contributed by atoms with Crippen LogP contribution in [0.1, 0.15) is 0 Å². The van der Waals surface area contributed by atoms with E-state index in [1.54, 1.807) is 36.7 Å². The quantitative estimate of drug-likeness (QED) is 0.301. The minimum Gasteiger partial charge on any atom is -0.457 e. The van der Waals surface area contributed by atoms with Gasteiger partial charge in [-0.3, -0.25) is 15.0 Å². The number of nitrogens with one attached hydrogen (secondary N) is 1. The molecular formula is C15H17N3O5S. The molecule has 0 saturated carbocycles. The van der Waals surface area contributed by atoms with Crippen molar-refractivity contribution >= 4 is 16.2 Å². The summed E-state index contributed by atoms with van der Waals surface area (Å²) in [7, 11) is -3.52. The van der Waals surface area contributed by atoms with Crippen molar-refractivity contribution in [1.82, 2.24) is 15.4 Å². The zero-order chi connectivity index (χ0) is 17.4. The average molecular weight is 351 g/mol. The molecule has 1 heterocycles. The first-order valence-corrected chi connectivity index (χ1v) is 8.69. The lowest BCUT2D eigenvalue weighted by Gasteiger charge is -2.10. The molecule has 0 saturated heterocycles. The molecule has 0 spiro atoms. The van der Waals surface area contributed by atoms with Gasteiger partial charge in [0, 0.05) is 18.9 Å². The molecule has 0 aliphatic rings. The predicted molar refractivity (Wildman–Crippen MR) is 85.4 cm³/mol. The van der Waals surface area contributed by atoms with Crippen molar-refractivity contribution in [3.8, 4) is 11.5 Å². The van der Waals surface area contributed by atoms with Crippen molar-refractivity contribution in [2.45, 2.75) is 4.90 Å². The van der Waals surface area contributed by atoms with Crippen LogP contribution in [0.2, 0.25) is 0 Å². The molecule has 0 atom stereocenters. The lowest BCUT2D eigenvalue weighted by atomic mass is 10.3. The predicted octanol–water partition coefficient (Wildman–Crippen LogP) is 1.04. The minimum absolute atomic E-state index is 0.00225. The molecule has 0 bridgehead atoms. The van der Waals surface area contributed by atoms with Gasteiger partial charge in [-0.25, -0.2) is 13.5 Å². The summed E-state index contributed by atoms with van der Waals surface area (Å²) >= 11 is 0. The monoisotopic (exact) mass is 351 g/mol. The second kappa shape index (κ2) is 8.39. The Bertz CT molecular complexity index is 750. The van der Waals surface area contributed by atoms with E-state index in [9.17, 15) is 13.2 Å². The normalized spacial score (nSPS) is 11.0. The van der Waals surface area contributed by atoms with Crippen LogP contribution in [0, 0.1) is 0 Å². The van der Waals surface area contributed by atoms with Gasteiger partial charge in [0.1, 0.15) is 17.4 Å². The van der Waals surface area contributed by atoms with Crippen molar-refractivity contribution < 1.29 is 23.2 Å². The van der Waals surface area contributed by atoms with Gasteiger partial charge in [-0.1, -0.05) is 0 Å². The summed E-state index contributed by atoms with van der Waals surface area (Å²) < 4.78 is 29.9. The van der Waals surface area contributed by atoms with E-state index in [2.05, 4.69) is 10.3 Å². The fourth-order valence-corrected chi connectivity index (χ4v) is 2.92. The number of pyridine rings is 1. The number of sulfone groups is 1. The standard InChI is InChI=1S/C15H17N3O5S/c19-12-18(20)10-9-17-11-24(21,22)15-3-1-13(2-4-15)23-14-5-7-16-8-6-14/h1-8,12,17,20H,9-11H2. The molecule has 9 heteroatoms. The summed E-state index contributed by atoms with van der Waals surface area (Å²) in [5, 5.41) is 12.0. The second-order valence-corrected chi connectivity index (χ2v) is 6.77. The van der Waals surface area contributed by atoms with Gasteiger partial charge >= 0.3 is 0 Å². The number of hydroxylamine groups is 2. The van der Waals surface area contributed by atoms with E-state index in [0.29, 0.717) is 16.6 Å². The minimum atomic E-state index is -3.52. The third kappa shape index (κ3) is 5.30. The Balaban J connectivity index is 1.92. The number of carbonyl (C=O) groups is 1. The van der Waals surface area contributed by atoms with Gasteiger partial charge in [0.05, 0.1) is 11.4 Å². The lowest BCUT2D eigenvalue weighted by molar-refractivity contribution is -0.149. The summed E-state index contributed by atoms with van der Waals surface area (Å²) in [5.41, 5.74) is 0. The molecule has 1 amide bonds. The van der Waals surface area contributed by atoms with E-state index < -0.39 is 9.84 Å². The van der Waals surface area contributed by atoms with Gasteiger partial charge in [0.2, 0.25) is 6.41 Å². The van der Waals surface area contributed by atoms with Crippen molar-refractivity contribution in [2.75, 3.05) is 19.0 Å². The third-order valence-electron chi connectivity index (χ3n) is 3.00. The van der Waals surface area contributed by atoms with E-state index >= 15 is 0 Å². The van der Waals surface area contributed by atoms with Crippen LogP contribution in [0.15, 0.2) is 53.7 Å². The molecule has 8 nitrogen and oxygen atoms in total. The summed E-state index contributed by atoms with van der Waals surface area (Å²) in [5.74, 6) is 0.811. The van der Waals surface area contributed by atoms with E-state index in [1.165, 1.54) is 12.1 Å². The number of amides is 1. The number of nitrogens with zero attached hydrogens (tertiary/aromatic N) is 2. The first-order valence-electron chi connectivity index (χ1n) is 7.03. The summed E-state index contributed by atoms with van der Waals surface area (Å²) in [4.78, 5) is 14.2. The van der Waals surface area contributed by atoms with Gasteiger partial charge in [-0.05, 0) is 36.4 Å². The Labute approximate surface area is 139 Å². The number of benzene rings is 1. The van der Waals surface area contributed by atoms with Gasteiger partial charge in [-0.15, -0.1) is 0 Å². The fourth-order valence-electron chi connectivity index (χ4n) is 1.79. The van der Waals surface area contributed by atoms with Crippen LogP contribution in [0.5, 0.6) is 11.5 Å². The molecule has 0 unspecified atom stereocenters. The molecule has 0 aliphatic heterocycles. The molecule has 0 aliphatic carbocycles. The molecule has 24 heavy (non-hydrogen) atoms. The molecule has 2 rings (SSSR count). The summed E-state index contributed by atoms with van der Waals surface area (Å²) in [6, 6.07) is 9.43. The van der Waals surface area contributed by atoms with Gasteiger partial charge in [0.25, 0.3) is 0 Å². The van der Waals surface area contributed by atoms with E-state index in [0.717, 1.165) is 0 Å². The molecule has 128 valence electrons. The Hall–Kier alpha value is -2.49. The maximum atomic E-state index is 12.2. The highest BCUT2D eigenvalue weighted by molar-refractivity contribution is 7.91. The van der Waals surface area contributed by atoms with Crippen LogP contribution < -0.4 is 10.1 Å². The maximum Gasteiger partial charge on any atom is 0.233 e. The lowest BCUT2D eigenvalue weighted by Crippen LogP contribution is -2.32. The molecule has 0 radical (unpaired) electrons. The summed E-state index contributed by atoms with van der Waals surface area (Å²) in [6.07, 6.45) is 3.44. The number of ether oxygens (including phenoxy) is 1. The largest absolute Gasteiger partial charge is 0.457 e. The summed E-state index contributed by atoms with van der Waals surface area (Å²) in [6.45, 7) is 0.148. The van der Waals surface area contributed by atoms with Crippen molar-refractivity contribution in [2.24, 2.45) is 0 Å². The van der Waals surface area contributed by atoms with Gasteiger partial charge in [0.15, 0.2) is 9.84 Å². The van der Waals surface area contributed by atoms with Crippen LogP contribution >= 0.6 is 0 Å². The van der Waals surface area contributed by atoms with Gasteiger partial charge in [-0.2, -0.15) is 0 Å². The number of hydrogen-bond acceptors (Lipinski definition) is 7. The topological polar surface area (TPSA) is 109 Å². The molecule has 1 aromatic carbocycles. The molecule has 2 N–H and O–H groups in total. The highest BCUT2D eigenvalue weighted by atomic mass is 32.2. The van der Waals surface area contributed by atoms with E-state index in [4.69, 9.17) is 9.94 Å². The highest BCUT2D eigenvalue weighted by Gasteiger charge is 2.14. The first-order chi connectivity index (χ1) is 11.5. The van der Waals surface area contributed by atoms with Gasteiger partial charge < -0.3 is 10.1 Å². The van der Waals surface area contributed by atoms with Crippen molar-refractivity contribution in [3.63, 3.8) is 0 Å². The van der Waals surface area contributed by atoms with Crippen LogP contribution in [0.25, 0.3) is 0 Å². The Kier molecular flexibility index (Phi) is 6.24. The van der Waals surface area contributed by atoms with Crippen LogP contribution in [-0.4, -0.2) is 49.0 Å². The number of rotatable bonds is 9. The SMILES string of the molecule is O=CN(O)CCNCS(=O)(=O)c1ccc(Oc2ccncc2)cc1. The van der Waals surface area contributed by atoms with Crippen LogP contribution in [0.3, 0.4) is 0 Å². The average Bonchev–Trinajstić information content (AvgIpc) is 2.60. The fraction of sp³-hybridized carbons (Fsp3) is 0.200. The van der Waals surface area contributed by atoms with Crippen molar-refractivity contribution in [3.05, 3.63) is 48.8 Å². The van der Waals surface area contributed by atoms with Crippen LogP contribution in [-0.2, 0) is 14.6 Å². The van der Waals surface area contributed by atoms with E-state index in [-0.39, 0.29) is 30.3 Å².